The summed E-state index contributed by atoms with van der Waals surface area (Å²) in [5.41, 5.74) is 1.03. The molecule has 0 fully saturated rings. The van der Waals surface area contributed by atoms with Crippen LogP contribution in [-0.4, -0.2) is 12.1 Å². The molecule has 1 aromatic heterocycles. The lowest BCUT2D eigenvalue weighted by molar-refractivity contribution is 0.489. The summed E-state index contributed by atoms with van der Waals surface area (Å²) < 4.78 is 4.84. The largest absolute Gasteiger partial charge is 0.314 e. The molecule has 0 saturated heterocycles. The Hall–Kier alpha value is -0.540. The van der Waals surface area contributed by atoms with Crippen LogP contribution in [0.25, 0.3) is 0 Å². The minimum Gasteiger partial charge on any atom is -0.314 e. The predicted octanol–water partition coefficient (Wildman–Crippen LogP) is 2.04. The summed E-state index contributed by atoms with van der Waals surface area (Å²) in [4.78, 5) is 5.13. The number of rotatable bonds is 2. The lowest BCUT2D eigenvalue weighted by atomic mass is 10.4. The third kappa shape index (κ3) is 2.01. The first-order chi connectivity index (χ1) is 4.83. The smallest absolute Gasteiger partial charge is 0.0536 e. The minimum absolute atomic E-state index is 1.03. The van der Waals surface area contributed by atoms with Crippen molar-refractivity contribution in [2.24, 2.45) is 0 Å². The van der Waals surface area contributed by atoms with Crippen LogP contribution >= 0.6 is 12.0 Å². The Balaban J connectivity index is 2.69. The van der Waals surface area contributed by atoms with Crippen LogP contribution in [0.1, 0.15) is 5.69 Å². The van der Waals surface area contributed by atoms with E-state index in [9.17, 15) is 0 Å². The second-order valence-corrected chi connectivity index (χ2v) is 2.86. The molecule has 0 amide bonds. The average Bonchev–Trinajstić information content (AvgIpc) is 1.95. The number of aryl methyl sites for hydroxylation is 1. The van der Waals surface area contributed by atoms with Crippen molar-refractivity contribution in [1.82, 2.24) is 4.98 Å². The van der Waals surface area contributed by atoms with Crippen molar-refractivity contribution < 1.29 is 4.18 Å². The molecule has 0 aliphatic carbocycles. The van der Waals surface area contributed by atoms with Gasteiger partial charge in [-0.25, -0.2) is 0 Å². The Morgan fingerprint density at radius 2 is 2.30 bits per heavy atom. The average molecular weight is 155 g/mol. The van der Waals surface area contributed by atoms with Crippen molar-refractivity contribution in [3.63, 3.8) is 0 Å². The fourth-order valence-corrected chi connectivity index (χ4v) is 1.01. The molecule has 0 spiro atoms. The third-order valence-corrected chi connectivity index (χ3v) is 1.66. The SMILES string of the molecule is COSc1ccc(C)nc1. The minimum atomic E-state index is 1.03. The maximum Gasteiger partial charge on any atom is 0.0536 e. The zero-order valence-corrected chi connectivity index (χ0v) is 6.81. The van der Waals surface area contributed by atoms with E-state index in [2.05, 4.69) is 4.98 Å². The van der Waals surface area contributed by atoms with Crippen molar-refractivity contribution in [2.45, 2.75) is 11.8 Å². The molecule has 0 aliphatic heterocycles. The Bertz CT molecular complexity index is 197. The number of hydrogen-bond donors (Lipinski definition) is 0. The van der Waals surface area contributed by atoms with Crippen LogP contribution in [0.3, 0.4) is 0 Å². The van der Waals surface area contributed by atoms with Crippen LogP contribution in [0.2, 0.25) is 0 Å². The molecule has 2 nitrogen and oxygen atoms in total. The van der Waals surface area contributed by atoms with Crippen molar-refractivity contribution in [3.05, 3.63) is 24.0 Å². The summed E-state index contributed by atoms with van der Waals surface area (Å²) in [6.45, 7) is 1.96. The molecule has 0 aliphatic rings. The van der Waals surface area contributed by atoms with Crippen molar-refractivity contribution in [2.75, 3.05) is 7.11 Å². The summed E-state index contributed by atoms with van der Waals surface area (Å²) in [5, 5.41) is 0. The maximum atomic E-state index is 4.84. The van der Waals surface area contributed by atoms with Crippen LogP contribution < -0.4 is 0 Å². The molecule has 0 unspecified atom stereocenters. The van der Waals surface area contributed by atoms with Crippen LogP contribution in [0.15, 0.2) is 23.2 Å². The van der Waals surface area contributed by atoms with Gasteiger partial charge in [-0.05, 0) is 19.1 Å². The van der Waals surface area contributed by atoms with Gasteiger partial charge < -0.3 is 4.18 Å². The zero-order chi connectivity index (χ0) is 7.40. The van der Waals surface area contributed by atoms with Crippen molar-refractivity contribution >= 4 is 12.0 Å². The first kappa shape index (κ1) is 7.57. The monoisotopic (exact) mass is 155 g/mol. The summed E-state index contributed by atoms with van der Waals surface area (Å²) in [7, 11) is 1.64. The van der Waals surface area contributed by atoms with Gasteiger partial charge in [0.1, 0.15) is 0 Å². The maximum absolute atomic E-state index is 4.84. The summed E-state index contributed by atoms with van der Waals surface area (Å²) in [6.07, 6.45) is 1.80. The Morgan fingerprint density at radius 3 is 2.80 bits per heavy atom. The second-order valence-electron chi connectivity index (χ2n) is 1.89. The van der Waals surface area contributed by atoms with E-state index in [1.165, 1.54) is 12.0 Å². The first-order valence-corrected chi connectivity index (χ1v) is 3.70. The Kier molecular flexibility index (Phi) is 2.71. The fourth-order valence-electron chi connectivity index (χ4n) is 0.600. The highest BCUT2D eigenvalue weighted by Gasteiger charge is 1.90. The van der Waals surface area contributed by atoms with Gasteiger partial charge in [0.05, 0.1) is 12.0 Å². The molecule has 10 heavy (non-hydrogen) atoms. The topological polar surface area (TPSA) is 22.1 Å². The number of hydrogen-bond acceptors (Lipinski definition) is 3. The van der Waals surface area contributed by atoms with Gasteiger partial charge in [0.15, 0.2) is 0 Å². The highest BCUT2D eigenvalue weighted by atomic mass is 32.2. The quantitative estimate of drug-likeness (QED) is 0.610. The predicted molar refractivity (Wildman–Crippen MR) is 41.8 cm³/mol. The Morgan fingerprint density at radius 1 is 1.50 bits per heavy atom. The lowest BCUT2D eigenvalue weighted by Gasteiger charge is -1.95. The van der Waals surface area contributed by atoms with Crippen LogP contribution in [-0.2, 0) is 4.18 Å². The lowest BCUT2D eigenvalue weighted by Crippen LogP contribution is -1.79. The molecule has 0 radical (unpaired) electrons. The summed E-state index contributed by atoms with van der Waals surface area (Å²) in [5.74, 6) is 0. The van der Waals surface area contributed by atoms with Crippen molar-refractivity contribution in [3.8, 4) is 0 Å². The van der Waals surface area contributed by atoms with Gasteiger partial charge in [-0.1, -0.05) is 0 Å². The summed E-state index contributed by atoms with van der Waals surface area (Å²) >= 11 is 1.32. The molecule has 0 bridgehead atoms. The van der Waals surface area contributed by atoms with Crippen LogP contribution in [0.4, 0.5) is 0 Å². The molecule has 1 rings (SSSR count). The van der Waals surface area contributed by atoms with Gasteiger partial charge in [0, 0.05) is 23.9 Å². The van der Waals surface area contributed by atoms with E-state index in [-0.39, 0.29) is 0 Å². The fraction of sp³-hybridized carbons (Fsp3) is 0.286. The van der Waals surface area contributed by atoms with E-state index in [0.717, 1.165) is 10.6 Å². The van der Waals surface area contributed by atoms with E-state index in [0.29, 0.717) is 0 Å². The van der Waals surface area contributed by atoms with E-state index in [1.54, 1.807) is 13.3 Å². The molecule has 1 aromatic rings. The van der Waals surface area contributed by atoms with Gasteiger partial charge in [-0.15, -0.1) is 0 Å². The van der Waals surface area contributed by atoms with E-state index < -0.39 is 0 Å². The van der Waals surface area contributed by atoms with E-state index in [4.69, 9.17) is 4.18 Å². The number of aromatic nitrogens is 1. The number of pyridine rings is 1. The highest BCUT2D eigenvalue weighted by molar-refractivity contribution is 7.94. The van der Waals surface area contributed by atoms with E-state index in [1.807, 2.05) is 19.1 Å². The van der Waals surface area contributed by atoms with Crippen LogP contribution in [0.5, 0.6) is 0 Å². The molecular weight excluding hydrogens is 146 g/mol. The van der Waals surface area contributed by atoms with Gasteiger partial charge in [0.2, 0.25) is 0 Å². The molecule has 0 atom stereocenters. The number of nitrogens with zero attached hydrogens (tertiary/aromatic N) is 1. The molecule has 0 saturated carbocycles. The molecule has 3 heteroatoms. The standard InChI is InChI=1S/C7H9NOS/c1-6-3-4-7(5-8-6)10-9-2/h3-5H,1-2H3. The second kappa shape index (κ2) is 3.58. The van der Waals surface area contributed by atoms with Crippen molar-refractivity contribution in [1.29, 1.82) is 0 Å². The normalized spacial score (nSPS) is 9.80. The first-order valence-electron chi connectivity index (χ1n) is 2.96. The summed E-state index contributed by atoms with van der Waals surface area (Å²) in [6, 6.07) is 3.94. The zero-order valence-electron chi connectivity index (χ0n) is 6.00. The Labute approximate surface area is 64.8 Å². The van der Waals surface area contributed by atoms with Crippen LogP contribution in [0, 0.1) is 6.92 Å². The third-order valence-electron chi connectivity index (χ3n) is 1.06. The molecule has 0 aromatic carbocycles. The highest BCUT2D eigenvalue weighted by Crippen LogP contribution is 2.15. The van der Waals surface area contributed by atoms with Gasteiger partial charge in [0.25, 0.3) is 0 Å². The molecule has 54 valence electrons. The van der Waals surface area contributed by atoms with Gasteiger partial charge >= 0.3 is 0 Å². The van der Waals surface area contributed by atoms with Gasteiger partial charge in [-0.3, -0.25) is 4.98 Å². The van der Waals surface area contributed by atoms with Gasteiger partial charge in [-0.2, -0.15) is 0 Å². The molecule has 1 heterocycles. The molecule has 0 N–H and O–H groups in total. The van der Waals surface area contributed by atoms with E-state index >= 15 is 0 Å². The molecular formula is C7H9NOS.